The number of rotatable bonds is 3. The molecule has 0 spiro atoms. The SMILES string of the molecule is CCOc1ccc(S(=O)(=O)Cl)c2ccccc12. The highest BCUT2D eigenvalue weighted by Crippen LogP contribution is 2.32. The summed E-state index contributed by atoms with van der Waals surface area (Å²) >= 11 is 0. The lowest BCUT2D eigenvalue weighted by atomic mass is 10.1. The van der Waals surface area contributed by atoms with Crippen LogP contribution < -0.4 is 4.74 Å². The molecule has 5 heteroatoms. The summed E-state index contributed by atoms with van der Waals surface area (Å²) < 4.78 is 28.3. The third-order valence-corrected chi connectivity index (χ3v) is 3.79. The summed E-state index contributed by atoms with van der Waals surface area (Å²) in [5.74, 6) is 0.659. The molecule has 17 heavy (non-hydrogen) atoms. The average Bonchev–Trinajstić information content (AvgIpc) is 2.28. The second kappa shape index (κ2) is 4.55. The molecule has 0 saturated heterocycles. The standard InChI is InChI=1S/C12H11ClO3S/c1-2-16-11-7-8-12(17(13,14)15)10-6-4-3-5-9(10)11/h3-8H,2H2,1H3. The summed E-state index contributed by atoms with van der Waals surface area (Å²) in [6.45, 7) is 2.40. The monoisotopic (exact) mass is 270 g/mol. The first kappa shape index (κ1) is 12.2. The summed E-state index contributed by atoms with van der Waals surface area (Å²) in [7, 11) is 1.65. The predicted octanol–water partition coefficient (Wildman–Crippen LogP) is 3.17. The van der Waals surface area contributed by atoms with Gasteiger partial charge in [-0.1, -0.05) is 24.3 Å². The molecule has 0 aliphatic rings. The molecule has 0 bridgehead atoms. The molecule has 0 aliphatic heterocycles. The molecule has 2 rings (SSSR count). The van der Waals surface area contributed by atoms with Crippen LogP contribution in [-0.4, -0.2) is 15.0 Å². The summed E-state index contributed by atoms with van der Waals surface area (Å²) in [5, 5.41) is 1.32. The van der Waals surface area contributed by atoms with Crippen LogP contribution in [-0.2, 0) is 9.05 Å². The van der Waals surface area contributed by atoms with Crippen molar-refractivity contribution < 1.29 is 13.2 Å². The molecule has 2 aromatic carbocycles. The van der Waals surface area contributed by atoms with Gasteiger partial charge in [0.2, 0.25) is 0 Å². The fourth-order valence-electron chi connectivity index (χ4n) is 1.74. The minimum absolute atomic E-state index is 0.109. The van der Waals surface area contributed by atoms with Crippen LogP contribution in [0.4, 0.5) is 0 Å². The number of hydrogen-bond donors (Lipinski definition) is 0. The van der Waals surface area contributed by atoms with Crippen LogP contribution in [0.25, 0.3) is 10.8 Å². The van der Waals surface area contributed by atoms with Gasteiger partial charge in [-0.05, 0) is 19.1 Å². The molecule has 0 fully saturated rings. The first-order valence-corrected chi connectivity index (χ1v) is 7.44. The topological polar surface area (TPSA) is 43.4 Å². The van der Waals surface area contributed by atoms with Crippen molar-refractivity contribution in [1.29, 1.82) is 0 Å². The van der Waals surface area contributed by atoms with Crippen molar-refractivity contribution in [1.82, 2.24) is 0 Å². The van der Waals surface area contributed by atoms with E-state index in [4.69, 9.17) is 15.4 Å². The van der Waals surface area contributed by atoms with Gasteiger partial charge in [0.15, 0.2) is 0 Å². The van der Waals surface area contributed by atoms with Crippen LogP contribution in [0.3, 0.4) is 0 Å². The molecule has 0 saturated carbocycles. The van der Waals surface area contributed by atoms with Crippen molar-refractivity contribution in [2.75, 3.05) is 6.61 Å². The number of hydrogen-bond acceptors (Lipinski definition) is 3. The van der Waals surface area contributed by atoms with E-state index >= 15 is 0 Å². The van der Waals surface area contributed by atoms with Gasteiger partial charge in [0.1, 0.15) is 5.75 Å². The fraction of sp³-hybridized carbons (Fsp3) is 0.167. The van der Waals surface area contributed by atoms with Crippen LogP contribution in [0.2, 0.25) is 0 Å². The Morgan fingerprint density at radius 1 is 1.12 bits per heavy atom. The van der Waals surface area contributed by atoms with Gasteiger partial charge in [0.05, 0.1) is 11.5 Å². The van der Waals surface area contributed by atoms with Crippen molar-refractivity contribution in [2.24, 2.45) is 0 Å². The van der Waals surface area contributed by atoms with Crippen LogP contribution in [0, 0.1) is 0 Å². The van der Waals surface area contributed by atoms with Gasteiger partial charge in [0.25, 0.3) is 9.05 Å². The van der Waals surface area contributed by atoms with E-state index in [1.54, 1.807) is 18.2 Å². The zero-order chi connectivity index (χ0) is 12.5. The van der Waals surface area contributed by atoms with Gasteiger partial charge < -0.3 is 4.74 Å². The van der Waals surface area contributed by atoms with Gasteiger partial charge in [-0.3, -0.25) is 0 Å². The number of halogens is 1. The summed E-state index contributed by atoms with van der Waals surface area (Å²) in [6, 6.07) is 10.2. The molecule has 0 aromatic heterocycles. The van der Waals surface area contributed by atoms with Gasteiger partial charge in [-0.2, -0.15) is 0 Å². The van der Waals surface area contributed by atoms with E-state index in [9.17, 15) is 8.42 Å². The average molecular weight is 271 g/mol. The Kier molecular flexibility index (Phi) is 3.26. The number of fused-ring (bicyclic) bond motifs is 1. The molecule has 90 valence electrons. The molecule has 0 aliphatic carbocycles. The minimum Gasteiger partial charge on any atom is -0.493 e. The van der Waals surface area contributed by atoms with E-state index in [-0.39, 0.29) is 4.90 Å². The molecule has 0 N–H and O–H groups in total. The maximum Gasteiger partial charge on any atom is 0.261 e. The Labute approximate surface area is 104 Å². The molecular weight excluding hydrogens is 260 g/mol. The van der Waals surface area contributed by atoms with E-state index < -0.39 is 9.05 Å². The highest BCUT2D eigenvalue weighted by atomic mass is 35.7. The predicted molar refractivity (Wildman–Crippen MR) is 68.2 cm³/mol. The van der Waals surface area contributed by atoms with Crippen LogP contribution in [0.1, 0.15) is 6.92 Å². The summed E-state index contributed by atoms with van der Waals surface area (Å²) in [4.78, 5) is 0.109. The first-order valence-electron chi connectivity index (χ1n) is 5.13. The Bertz CT molecular complexity index is 650. The Morgan fingerprint density at radius 2 is 1.76 bits per heavy atom. The molecule has 3 nitrogen and oxygen atoms in total. The van der Waals surface area contributed by atoms with Crippen molar-refractivity contribution in [3.63, 3.8) is 0 Å². The van der Waals surface area contributed by atoms with Gasteiger partial charge in [-0.15, -0.1) is 0 Å². The second-order valence-electron chi connectivity index (χ2n) is 3.48. The molecule has 0 amide bonds. The Balaban J connectivity index is 2.80. The van der Waals surface area contributed by atoms with E-state index in [1.165, 1.54) is 6.07 Å². The maximum atomic E-state index is 11.4. The lowest BCUT2D eigenvalue weighted by Gasteiger charge is -2.09. The third kappa shape index (κ3) is 2.37. The third-order valence-electron chi connectivity index (χ3n) is 2.41. The molecule has 0 heterocycles. The van der Waals surface area contributed by atoms with E-state index in [0.717, 1.165) is 5.39 Å². The molecule has 2 aromatic rings. The van der Waals surface area contributed by atoms with E-state index in [1.807, 2.05) is 19.1 Å². The van der Waals surface area contributed by atoms with E-state index in [0.29, 0.717) is 17.7 Å². The zero-order valence-electron chi connectivity index (χ0n) is 9.18. The summed E-state index contributed by atoms with van der Waals surface area (Å²) in [6.07, 6.45) is 0. The number of benzene rings is 2. The smallest absolute Gasteiger partial charge is 0.261 e. The Hall–Kier alpha value is -1.26. The number of ether oxygens (including phenoxy) is 1. The quantitative estimate of drug-likeness (QED) is 0.805. The maximum absolute atomic E-state index is 11.4. The van der Waals surface area contributed by atoms with Gasteiger partial charge in [-0.25, -0.2) is 8.42 Å². The zero-order valence-corrected chi connectivity index (χ0v) is 10.8. The normalized spacial score (nSPS) is 11.6. The molecular formula is C12H11ClO3S. The highest BCUT2D eigenvalue weighted by Gasteiger charge is 2.15. The minimum atomic E-state index is -3.74. The van der Waals surface area contributed by atoms with Crippen LogP contribution >= 0.6 is 10.7 Å². The molecule has 0 unspecified atom stereocenters. The highest BCUT2D eigenvalue weighted by molar-refractivity contribution is 8.14. The van der Waals surface area contributed by atoms with Crippen molar-refractivity contribution in [3.05, 3.63) is 36.4 Å². The summed E-state index contributed by atoms with van der Waals surface area (Å²) in [5.41, 5.74) is 0. The van der Waals surface area contributed by atoms with Gasteiger partial charge in [0, 0.05) is 21.5 Å². The van der Waals surface area contributed by atoms with Crippen molar-refractivity contribution in [2.45, 2.75) is 11.8 Å². The fourth-order valence-corrected chi connectivity index (χ4v) is 2.81. The van der Waals surface area contributed by atoms with E-state index in [2.05, 4.69) is 0 Å². The lowest BCUT2D eigenvalue weighted by molar-refractivity contribution is 0.344. The van der Waals surface area contributed by atoms with Gasteiger partial charge >= 0.3 is 0 Å². The molecule has 0 atom stereocenters. The Morgan fingerprint density at radius 3 is 2.35 bits per heavy atom. The van der Waals surface area contributed by atoms with Crippen LogP contribution in [0.15, 0.2) is 41.3 Å². The lowest BCUT2D eigenvalue weighted by Crippen LogP contribution is -1.96. The first-order chi connectivity index (χ1) is 8.04. The van der Waals surface area contributed by atoms with Crippen molar-refractivity contribution >= 4 is 30.5 Å². The largest absolute Gasteiger partial charge is 0.493 e. The second-order valence-corrected chi connectivity index (χ2v) is 6.01. The van der Waals surface area contributed by atoms with Crippen molar-refractivity contribution in [3.8, 4) is 5.75 Å². The van der Waals surface area contributed by atoms with Crippen LogP contribution in [0.5, 0.6) is 5.75 Å². The molecule has 0 radical (unpaired) electrons.